The molecule has 1 unspecified atom stereocenters. The highest BCUT2D eigenvalue weighted by Crippen LogP contribution is 2.33. The number of aromatic nitrogens is 2. The number of para-hydroxylation sites is 1. The first-order valence-corrected chi connectivity index (χ1v) is 9.55. The maximum absolute atomic E-state index is 13.2. The molecule has 0 radical (unpaired) electrons. The molecule has 0 fully saturated rings. The average molecular weight is 468 g/mol. The number of nitrogens with zero attached hydrogens (tertiary/aromatic N) is 2. The normalized spacial score (nSPS) is 12.2. The van der Waals surface area contributed by atoms with E-state index in [-0.39, 0.29) is 16.6 Å². The van der Waals surface area contributed by atoms with Crippen molar-refractivity contribution in [3.05, 3.63) is 76.9 Å². The molecule has 1 heterocycles. The zero-order valence-electron chi connectivity index (χ0n) is 16.6. The van der Waals surface area contributed by atoms with Crippen LogP contribution in [0.15, 0.2) is 60.7 Å². The summed E-state index contributed by atoms with van der Waals surface area (Å²) in [5.41, 5.74) is -0.616. The number of alkyl halides is 3. The number of benzene rings is 2. The Morgan fingerprint density at radius 1 is 1.12 bits per heavy atom. The van der Waals surface area contributed by atoms with Gasteiger partial charge in [0.05, 0.1) is 17.8 Å². The summed E-state index contributed by atoms with van der Waals surface area (Å²) < 4.78 is 50.4. The Balaban J connectivity index is 1.81. The lowest BCUT2D eigenvalue weighted by Crippen LogP contribution is -2.37. The Morgan fingerprint density at radius 2 is 1.78 bits per heavy atom. The van der Waals surface area contributed by atoms with Gasteiger partial charge in [-0.15, -0.1) is 0 Å². The molecular weight excluding hydrogens is 451 g/mol. The van der Waals surface area contributed by atoms with Gasteiger partial charge in [-0.3, -0.25) is 4.79 Å². The molecule has 0 aliphatic heterocycles. The molecule has 168 valence electrons. The average Bonchev–Trinajstić information content (AvgIpc) is 3.21. The van der Waals surface area contributed by atoms with Gasteiger partial charge in [0.1, 0.15) is 0 Å². The van der Waals surface area contributed by atoms with Gasteiger partial charge in [-0.05, 0) is 17.7 Å². The van der Waals surface area contributed by atoms with E-state index in [0.717, 1.165) is 4.68 Å². The number of methoxy groups -OCH3 is 1. The molecule has 7 nitrogen and oxygen atoms in total. The first kappa shape index (κ1) is 23.1. The Morgan fingerprint density at radius 3 is 2.41 bits per heavy atom. The first-order valence-electron chi connectivity index (χ1n) is 9.18. The SMILES string of the molecule is COC(=O)C(NC(=O)COc1cc(C(F)(F)F)nn1-c1ccccc1Cl)c1ccccc1. The highest BCUT2D eigenvalue weighted by molar-refractivity contribution is 6.32. The van der Waals surface area contributed by atoms with Crippen LogP contribution in [-0.4, -0.2) is 35.4 Å². The molecule has 1 amide bonds. The predicted molar refractivity (Wildman–Crippen MR) is 108 cm³/mol. The second kappa shape index (κ2) is 9.73. The zero-order valence-corrected chi connectivity index (χ0v) is 17.4. The van der Waals surface area contributed by atoms with Crippen LogP contribution < -0.4 is 10.1 Å². The Hall–Kier alpha value is -3.53. The van der Waals surface area contributed by atoms with Crippen LogP contribution in [0.4, 0.5) is 13.2 Å². The minimum Gasteiger partial charge on any atom is -0.467 e. The van der Waals surface area contributed by atoms with Crippen molar-refractivity contribution in [2.45, 2.75) is 12.2 Å². The Labute approximate surface area is 185 Å². The van der Waals surface area contributed by atoms with E-state index >= 15 is 0 Å². The number of esters is 1. The van der Waals surface area contributed by atoms with E-state index in [4.69, 9.17) is 21.1 Å². The lowest BCUT2D eigenvalue weighted by Gasteiger charge is -2.17. The maximum atomic E-state index is 13.2. The molecule has 3 rings (SSSR count). The molecular formula is C21H17ClF3N3O4. The number of hydrogen-bond acceptors (Lipinski definition) is 5. The lowest BCUT2D eigenvalue weighted by atomic mass is 10.1. The summed E-state index contributed by atoms with van der Waals surface area (Å²) in [4.78, 5) is 24.5. The van der Waals surface area contributed by atoms with Gasteiger partial charge >= 0.3 is 12.1 Å². The molecule has 32 heavy (non-hydrogen) atoms. The fourth-order valence-electron chi connectivity index (χ4n) is 2.79. The number of ether oxygens (including phenoxy) is 2. The molecule has 1 aromatic heterocycles. The van der Waals surface area contributed by atoms with Gasteiger partial charge in [0, 0.05) is 6.07 Å². The number of halogens is 4. The number of hydrogen-bond donors (Lipinski definition) is 1. The van der Waals surface area contributed by atoms with E-state index in [1.165, 1.54) is 19.2 Å². The van der Waals surface area contributed by atoms with E-state index in [1.54, 1.807) is 42.5 Å². The molecule has 1 N–H and O–H groups in total. The summed E-state index contributed by atoms with van der Waals surface area (Å²) in [7, 11) is 1.17. The summed E-state index contributed by atoms with van der Waals surface area (Å²) in [5, 5.41) is 6.10. The van der Waals surface area contributed by atoms with E-state index in [2.05, 4.69) is 10.4 Å². The number of nitrogens with one attached hydrogen (secondary N) is 1. The highest BCUT2D eigenvalue weighted by Gasteiger charge is 2.36. The van der Waals surface area contributed by atoms with Crippen LogP contribution in [0.5, 0.6) is 5.88 Å². The third kappa shape index (κ3) is 5.38. The van der Waals surface area contributed by atoms with Crippen LogP contribution in [0.1, 0.15) is 17.3 Å². The molecule has 0 bridgehead atoms. The smallest absolute Gasteiger partial charge is 0.435 e. The number of rotatable bonds is 7. The van der Waals surface area contributed by atoms with Crippen molar-refractivity contribution in [3.8, 4) is 11.6 Å². The summed E-state index contributed by atoms with van der Waals surface area (Å²) in [6.07, 6.45) is -4.74. The van der Waals surface area contributed by atoms with Crippen molar-refractivity contribution < 1.29 is 32.2 Å². The van der Waals surface area contributed by atoms with Crippen molar-refractivity contribution in [1.29, 1.82) is 0 Å². The van der Waals surface area contributed by atoms with Gasteiger partial charge in [-0.1, -0.05) is 54.1 Å². The molecule has 0 aliphatic rings. The minimum atomic E-state index is -4.74. The summed E-state index contributed by atoms with van der Waals surface area (Å²) in [6, 6.07) is 13.9. The van der Waals surface area contributed by atoms with E-state index in [0.29, 0.717) is 11.6 Å². The van der Waals surface area contributed by atoms with Crippen LogP contribution in [-0.2, 0) is 20.5 Å². The minimum absolute atomic E-state index is 0.133. The largest absolute Gasteiger partial charge is 0.467 e. The second-order valence-corrected chi connectivity index (χ2v) is 6.86. The third-order valence-electron chi connectivity index (χ3n) is 4.27. The molecule has 0 spiro atoms. The number of carbonyl (C=O) groups is 2. The number of amides is 1. The zero-order chi connectivity index (χ0) is 23.3. The second-order valence-electron chi connectivity index (χ2n) is 6.45. The van der Waals surface area contributed by atoms with Crippen molar-refractivity contribution in [2.75, 3.05) is 13.7 Å². The molecule has 3 aromatic rings. The maximum Gasteiger partial charge on any atom is 0.435 e. The van der Waals surface area contributed by atoms with Crippen molar-refractivity contribution in [2.24, 2.45) is 0 Å². The third-order valence-corrected chi connectivity index (χ3v) is 4.59. The van der Waals surface area contributed by atoms with Gasteiger partial charge in [-0.25, -0.2) is 4.79 Å². The summed E-state index contributed by atoms with van der Waals surface area (Å²) >= 11 is 6.08. The molecule has 0 aliphatic carbocycles. The summed E-state index contributed by atoms with van der Waals surface area (Å²) in [6.45, 7) is -0.687. The quantitative estimate of drug-likeness (QED) is 0.532. The van der Waals surface area contributed by atoms with Crippen LogP contribution in [0.2, 0.25) is 5.02 Å². The number of carbonyl (C=O) groups excluding carboxylic acids is 2. The van der Waals surface area contributed by atoms with E-state index < -0.39 is 36.4 Å². The molecule has 11 heteroatoms. The molecule has 0 saturated carbocycles. The van der Waals surface area contributed by atoms with Crippen molar-refractivity contribution >= 4 is 23.5 Å². The fourth-order valence-corrected chi connectivity index (χ4v) is 3.00. The Bertz CT molecular complexity index is 1100. The lowest BCUT2D eigenvalue weighted by molar-refractivity contribution is -0.145. The highest BCUT2D eigenvalue weighted by atomic mass is 35.5. The Kier molecular flexibility index (Phi) is 7.04. The predicted octanol–water partition coefficient (Wildman–Crippen LogP) is 3.95. The van der Waals surface area contributed by atoms with E-state index in [9.17, 15) is 22.8 Å². The van der Waals surface area contributed by atoms with Crippen molar-refractivity contribution in [3.63, 3.8) is 0 Å². The first-order chi connectivity index (χ1) is 15.2. The monoisotopic (exact) mass is 467 g/mol. The van der Waals surface area contributed by atoms with Crippen LogP contribution in [0.3, 0.4) is 0 Å². The van der Waals surface area contributed by atoms with Gasteiger partial charge in [0.25, 0.3) is 5.91 Å². The summed E-state index contributed by atoms with van der Waals surface area (Å²) in [5.74, 6) is -1.83. The molecule has 0 saturated heterocycles. The van der Waals surface area contributed by atoms with Crippen LogP contribution in [0, 0.1) is 0 Å². The molecule has 1 atom stereocenters. The van der Waals surface area contributed by atoms with E-state index in [1.807, 2.05) is 0 Å². The van der Waals surface area contributed by atoms with Crippen molar-refractivity contribution in [1.82, 2.24) is 15.1 Å². The standard InChI is InChI=1S/C21H17ClF3N3O4/c1-31-20(30)19(13-7-3-2-4-8-13)26-17(29)12-32-18-11-16(21(23,24)25)27-28(18)15-10-6-5-9-14(15)22/h2-11,19H,12H2,1H3,(H,26,29). The molecule has 2 aromatic carbocycles. The van der Waals surface area contributed by atoms with Crippen LogP contribution in [0.25, 0.3) is 5.69 Å². The fraction of sp³-hybridized carbons (Fsp3) is 0.190. The van der Waals surface area contributed by atoms with Gasteiger partial charge < -0.3 is 14.8 Å². The van der Waals surface area contributed by atoms with Gasteiger partial charge in [0.2, 0.25) is 5.88 Å². The van der Waals surface area contributed by atoms with Gasteiger partial charge in [-0.2, -0.15) is 23.0 Å². The topological polar surface area (TPSA) is 82.4 Å². The van der Waals surface area contributed by atoms with Crippen LogP contribution >= 0.6 is 11.6 Å². The van der Waals surface area contributed by atoms with Gasteiger partial charge in [0.15, 0.2) is 18.3 Å².